The molecule has 2 aliphatic rings. The highest BCUT2D eigenvalue weighted by Crippen LogP contribution is 2.37. The summed E-state index contributed by atoms with van der Waals surface area (Å²) in [5, 5.41) is 5.03. The predicted octanol–water partition coefficient (Wildman–Crippen LogP) is 4.74. The van der Waals surface area contributed by atoms with Gasteiger partial charge in [-0.15, -0.1) is 24.0 Å². The molecule has 3 aromatic heterocycles. The Hall–Kier alpha value is -6.80. The zero-order chi connectivity index (χ0) is 45.5. The number of nitrogens with one attached hydrogen (secondary N) is 2. The second-order valence-electron chi connectivity index (χ2n) is 15.4. The minimum Gasteiger partial charge on any atom is -0.480 e. The van der Waals surface area contributed by atoms with Gasteiger partial charge in [-0.25, -0.2) is 15.0 Å². The van der Waals surface area contributed by atoms with Crippen molar-refractivity contribution < 1.29 is 38.2 Å². The van der Waals surface area contributed by atoms with E-state index in [-0.39, 0.29) is 58.2 Å². The number of thiol groups is 1. The van der Waals surface area contributed by atoms with Crippen LogP contribution in [0, 0.1) is 11.8 Å². The number of nitrogens with two attached hydrogens (primary N) is 3. The molecule has 330 valence electrons. The molecule has 4 atom stereocenters. The maximum absolute atomic E-state index is 13.2. The minimum absolute atomic E-state index is 0.000426. The van der Waals surface area contributed by atoms with Gasteiger partial charge in [0, 0.05) is 23.7 Å². The fourth-order valence-corrected chi connectivity index (χ4v) is 8.46. The molecule has 5 heterocycles. The van der Waals surface area contributed by atoms with Crippen molar-refractivity contribution in [2.75, 3.05) is 43.7 Å². The molecule has 2 fully saturated rings. The van der Waals surface area contributed by atoms with Gasteiger partial charge in [0.05, 0.1) is 65.8 Å². The lowest BCUT2D eigenvalue weighted by Gasteiger charge is -2.38. The first-order valence-electron chi connectivity index (χ1n) is 19.9. The van der Waals surface area contributed by atoms with Crippen molar-refractivity contribution in [3.8, 4) is 11.8 Å². The van der Waals surface area contributed by atoms with Gasteiger partial charge in [-0.2, -0.15) is 0 Å². The van der Waals surface area contributed by atoms with Crippen LogP contribution < -0.4 is 37.3 Å². The van der Waals surface area contributed by atoms with Crippen LogP contribution in [0.2, 0.25) is 0 Å². The van der Waals surface area contributed by atoms with Gasteiger partial charge in [0.2, 0.25) is 11.8 Å². The molecule has 2 saturated heterocycles. The molecule has 0 spiro atoms. The van der Waals surface area contributed by atoms with Crippen LogP contribution in [-0.2, 0) is 19.2 Å². The number of thiazole rings is 1. The lowest BCUT2D eigenvalue weighted by atomic mass is 9.89. The van der Waals surface area contributed by atoms with E-state index >= 15 is 0 Å². The number of methoxy groups -OCH3 is 2. The van der Waals surface area contributed by atoms with Gasteiger partial charge in [0.1, 0.15) is 11.1 Å². The lowest BCUT2D eigenvalue weighted by molar-refractivity contribution is -0.146. The van der Waals surface area contributed by atoms with E-state index in [1.54, 1.807) is 38.8 Å². The fraction of sp³-hybridized carbons (Fsp3) is 0.326. The van der Waals surface area contributed by atoms with Crippen LogP contribution >= 0.6 is 24.0 Å². The first kappa shape index (κ1) is 45.7. The van der Waals surface area contributed by atoms with Gasteiger partial charge in [0.25, 0.3) is 11.8 Å². The molecule has 0 saturated carbocycles. The summed E-state index contributed by atoms with van der Waals surface area (Å²) < 4.78 is 11.1. The summed E-state index contributed by atoms with van der Waals surface area (Å²) in [5.74, 6) is -3.87. The van der Waals surface area contributed by atoms with E-state index in [4.69, 9.17) is 26.7 Å². The van der Waals surface area contributed by atoms with E-state index < -0.39 is 35.4 Å². The van der Waals surface area contributed by atoms with Crippen molar-refractivity contribution in [2.45, 2.75) is 56.5 Å². The van der Waals surface area contributed by atoms with Gasteiger partial charge in [-0.3, -0.25) is 28.8 Å². The molecule has 2 aromatic carbocycles. The van der Waals surface area contributed by atoms with Gasteiger partial charge in [0.15, 0.2) is 0 Å². The molecular formula is C43H48N10O8S2. The average molecular weight is 897 g/mol. The number of amides is 6. The van der Waals surface area contributed by atoms with E-state index in [0.29, 0.717) is 30.1 Å². The summed E-state index contributed by atoms with van der Waals surface area (Å²) in [5.41, 5.74) is 22.0. The third kappa shape index (κ3) is 10.6. The number of hydrogen-bond donors (Lipinski definition) is 6. The average Bonchev–Trinajstić information content (AvgIpc) is 3.75. The van der Waals surface area contributed by atoms with Crippen molar-refractivity contribution in [1.29, 1.82) is 0 Å². The fourth-order valence-electron chi connectivity index (χ4n) is 7.66. The highest BCUT2D eigenvalue weighted by atomic mass is 32.1. The van der Waals surface area contributed by atoms with E-state index in [1.807, 2.05) is 31.2 Å². The summed E-state index contributed by atoms with van der Waals surface area (Å²) in [6.45, 7) is 5.00. The number of hydrogen-bond acceptors (Lipinski definition) is 14. The first-order valence-corrected chi connectivity index (χ1v) is 21.2. The summed E-state index contributed by atoms with van der Waals surface area (Å²) in [7, 11) is 2.71. The van der Waals surface area contributed by atoms with E-state index in [0.717, 1.165) is 40.6 Å². The Labute approximate surface area is 372 Å². The Kier molecular flexibility index (Phi) is 14.5. The minimum atomic E-state index is -0.833. The van der Waals surface area contributed by atoms with Crippen LogP contribution in [0.25, 0.3) is 10.2 Å². The van der Waals surface area contributed by atoms with Crippen LogP contribution in [0.3, 0.4) is 0 Å². The molecule has 7 rings (SSSR count). The number of pyridine rings is 2. The number of likely N-dealkylation sites (tertiary alicyclic amines) is 2. The highest BCUT2D eigenvalue weighted by molar-refractivity contribution is 7.80. The number of fused-ring (bicyclic) bond motifs is 1. The maximum atomic E-state index is 13.2. The maximum Gasteiger partial charge on any atom is 0.313 e. The molecule has 63 heavy (non-hydrogen) atoms. The number of primary amides is 2. The third-order valence-electron chi connectivity index (χ3n) is 10.9. The first-order chi connectivity index (χ1) is 30.1. The van der Waals surface area contributed by atoms with Crippen molar-refractivity contribution >= 4 is 86.7 Å². The van der Waals surface area contributed by atoms with Gasteiger partial charge in [-0.1, -0.05) is 26.0 Å². The number of nitrogens with zero attached hydrogens (tertiary/aromatic N) is 5. The number of carbonyl (C=O) groups is 6. The van der Waals surface area contributed by atoms with Crippen molar-refractivity contribution in [3.63, 3.8) is 0 Å². The smallest absolute Gasteiger partial charge is 0.313 e. The van der Waals surface area contributed by atoms with Gasteiger partial charge >= 0.3 is 23.6 Å². The number of aromatic nitrogens is 3. The number of anilines is 3. The number of piperidine rings is 2. The summed E-state index contributed by atoms with van der Waals surface area (Å²) >= 11 is 5.85. The molecule has 18 nitrogen and oxygen atoms in total. The molecule has 20 heteroatoms. The molecule has 5 aromatic rings. The number of nitrogen functional groups attached to an aromatic ring is 1. The number of ether oxygens (including phenoxy) is 2. The molecule has 6 amide bonds. The molecule has 0 aliphatic carbocycles. The zero-order valence-corrected chi connectivity index (χ0v) is 36.7. The Morgan fingerprint density at radius 3 is 1.63 bits per heavy atom. The Morgan fingerprint density at radius 2 is 1.17 bits per heavy atom. The molecule has 2 aliphatic heterocycles. The molecule has 0 bridgehead atoms. The van der Waals surface area contributed by atoms with Crippen LogP contribution in [0.15, 0.2) is 71.3 Å². The molecular weight excluding hydrogens is 849 g/mol. The monoisotopic (exact) mass is 896 g/mol. The van der Waals surface area contributed by atoms with Crippen molar-refractivity contribution in [3.05, 3.63) is 88.7 Å². The van der Waals surface area contributed by atoms with Crippen LogP contribution in [0.5, 0.6) is 11.8 Å². The van der Waals surface area contributed by atoms with Gasteiger partial charge < -0.3 is 47.1 Å². The van der Waals surface area contributed by atoms with E-state index in [2.05, 4.69) is 45.1 Å². The number of rotatable bonds is 8. The largest absolute Gasteiger partial charge is 0.480 e. The van der Waals surface area contributed by atoms with Crippen molar-refractivity contribution in [2.24, 2.45) is 23.3 Å². The standard InChI is InChI=1S/C22H23N5O4S.C21H25N5O4S/c1-12-3-5-17(13-4-6-18-16(7-13)25-11-32-18)27(10-12)22(30)20(29)26-14-8-15(19(23)28)21(31-2)24-9-14;1-11-3-5-16(12-4-6-17(31)15(22)7-12)26(10-11)21(29)19(28)25-13-8-14(18(23)27)20(30-2)24-9-13/h4,6-9,11-12,17H,3,5,10H2,1-2H3,(H2,23,28)(H,26,29);4,6-9,11,16,31H,3,5,10,22H2,1-2H3,(H2,23,27)(H,25,28)/t12-,17+;11-,16+/m00/s1. The van der Waals surface area contributed by atoms with E-state index in [9.17, 15) is 28.8 Å². The predicted molar refractivity (Wildman–Crippen MR) is 239 cm³/mol. The Bertz CT molecular complexity index is 2570. The topological polar surface area (TPSA) is 268 Å². The molecule has 8 N–H and O–H groups in total. The highest BCUT2D eigenvalue weighted by Gasteiger charge is 2.36. The van der Waals surface area contributed by atoms with Crippen molar-refractivity contribution in [1.82, 2.24) is 24.8 Å². The Balaban J connectivity index is 0.000000210. The molecule has 0 unspecified atom stereocenters. The van der Waals surface area contributed by atoms with E-state index in [1.165, 1.54) is 38.7 Å². The third-order valence-corrected chi connectivity index (χ3v) is 12.1. The SMILES string of the molecule is COc1ncc(NC(=O)C(=O)N2C[C@@H](C)CC[C@@H]2c2ccc(S)c(N)c2)cc1C(N)=O.COc1ncc(NC(=O)C(=O)N2C[C@@H](C)CC[C@@H]2c2ccc3scnc3c2)cc1C(N)=O. The van der Waals surface area contributed by atoms with Gasteiger partial charge in [-0.05, 0) is 85.0 Å². The van der Waals surface area contributed by atoms with Crippen LogP contribution in [0.4, 0.5) is 17.1 Å². The summed E-state index contributed by atoms with van der Waals surface area (Å²) in [6, 6.07) is 13.6. The van der Waals surface area contributed by atoms with Crippen LogP contribution in [0.1, 0.15) is 83.5 Å². The zero-order valence-electron chi connectivity index (χ0n) is 35.0. The number of carbonyl (C=O) groups excluding carboxylic acids is 6. The molecule has 0 radical (unpaired) electrons. The normalized spacial score (nSPS) is 18.4. The second-order valence-corrected chi connectivity index (χ2v) is 16.8. The summed E-state index contributed by atoms with van der Waals surface area (Å²) in [6.07, 6.45) is 5.94. The lowest BCUT2D eigenvalue weighted by Crippen LogP contribution is -2.46. The number of benzene rings is 2. The second kappa shape index (κ2) is 19.9. The quantitative estimate of drug-likeness (QED) is 0.0701. The Morgan fingerprint density at radius 1 is 0.698 bits per heavy atom. The van der Waals surface area contributed by atoms with Crippen LogP contribution in [-0.4, -0.2) is 87.5 Å². The summed E-state index contributed by atoms with van der Waals surface area (Å²) in [4.78, 5) is 91.1.